The number of nitrogens with zero attached hydrogens (tertiary/aromatic N) is 3. The molecule has 1 fully saturated rings. The van der Waals surface area contributed by atoms with Crippen molar-refractivity contribution in [2.75, 3.05) is 18.0 Å². The van der Waals surface area contributed by atoms with Crippen molar-refractivity contribution in [1.29, 1.82) is 0 Å². The van der Waals surface area contributed by atoms with Gasteiger partial charge in [0.25, 0.3) is 5.91 Å². The molecule has 214 valence electrons. The number of benzene rings is 1. The first-order valence-electron chi connectivity index (χ1n) is 14.8. The molecule has 0 heterocycles. The van der Waals surface area contributed by atoms with Crippen molar-refractivity contribution in [3.63, 3.8) is 0 Å². The highest BCUT2D eigenvalue weighted by atomic mass is 16.2. The number of anilines is 1. The summed E-state index contributed by atoms with van der Waals surface area (Å²) >= 11 is 0. The molecule has 1 aromatic rings. The predicted octanol–water partition coefficient (Wildman–Crippen LogP) is 7.71. The van der Waals surface area contributed by atoms with Crippen LogP contribution in [0, 0.1) is 17.8 Å². The van der Waals surface area contributed by atoms with Gasteiger partial charge < -0.3 is 16.0 Å². The van der Waals surface area contributed by atoms with Crippen LogP contribution in [0.5, 0.6) is 0 Å². The fraction of sp³-hybridized carbons (Fsp3) is 0.545. The van der Waals surface area contributed by atoms with Crippen LogP contribution in [0.1, 0.15) is 86.5 Å². The average molecular weight is 534 g/mol. The van der Waals surface area contributed by atoms with Crippen LogP contribution in [-0.2, 0) is 4.79 Å². The van der Waals surface area contributed by atoms with Gasteiger partial charge in [0.05, 0.1) is 11.3 Å². The van der Waals surface area contributed by atoms with Gasteiger partial charge in [0, 0.05) is 31.2 Å². The SMILES string of the molecule is C=C(N=C/C(C(=O)N(CCC(C)CC)c1cccc(N=CC(=CN)CC2CCC2)c1)=C(/C)C(C)CC)NCC. The zero-order chi connectivity index (χ0) is 28.8. The van der Waals surface area contributed by atoms with Gasteiger partial charge in [-0.05, 0) is 80.8 Å². The van der Waals surface area contributed by atoms with Crippen LogP contribution < -0.4 is 16.0 Å². The lowest BCUT2D eigenvalue weighted by molar-refractivity contribution is -0.114. The molecule has 6 heteroatoms. The summed E-state index contributed by atoms with van der Waals surface area (Å²) in [5, 5.41) is 3.12. The first-order chi connectivity index (χ1) is 18.7. The van der Waals surface area contributed by atoms with E-state index in [-0.39, 0.29) is 11.8 Å². The maximum absolute atomic E-state index is 14.2. The standard InChI is InChI=1S/C33H51N5O/c1-8-24(4)17-18-38(33(39)32(26(6)25(5)9-2)23-36-27(7)35-10-3)31-16-12-15-30(20-31)37-22-29(21-34)19-28-13-11-14-28/h12,15-16,20-25,28,35H,7-11,13-14,17-19,34H2,1-6H3/b29-21?,32-26+,36-23?,37-22?. The molecule has 1 aliphatic rings. The summed E-state index contributed by atoms with van der Waals surface area (Å²) in [4.78, 5) is 25.3. The summed E-state index contributed by atoms with van der Waals surface area (Å²) in [7, 11) is 0. The van der Waals surface area contributed by atoms with Crippen molar-refractivity contribution < 1.29 is 4.79 Å². The zero-order valence-corrected chi connectivity index (χ0v) is 25.2. The second-order valence-corrected chi connectivity index (χ2v) is 10.9. The van der Waals surface area contributed by atoms with Crippen molar-refractivity contribution in [2.45, 2.75) is 86.5 Å². The summed E-state index contributed by atoms with van der Waals surface area (Å²) in [6, 6.07) is 7.92. The highest BCUT2D eigenvalue weighted by Crippen LogP contribution is 2.32. The first-order valence-corrected chi connectivity index (χ1v) is 14.8. The van der Waals surface area contributed by atoms with Crippen LogP contribution in [0.4, 0.5) is 11.4 Å². The highest BCUT2D eigenvalue weighted by molar-refractivity contribution is 6.19. The van der Waals surface area contributed by atoms with Crippen molar-refractivity contribution in [3.8, 4) is 0 Å². The van der Waals surface area contributed by atoms with E-state index in [9.17, 15) is 4.79 Å². The quantitative estimate of drug-likeness (QED) is 0.169. The Morgan fingerprint density at radius 1 is 1.21 bits per heavy atom. The molecule has 1 saturated carbocycles. The molecule has 3 N–H and O–H groups in total. The molecular formula is C33H51N5O. The van der Waals surface area contributed by atoms with Gasteiger partial charge in [-0.25, -0.2) is 4.99 Å². The number of allylic oxidation sites excluding steroid dienone is 2. The Morgan fingerprint density at radius 2 is 1.95 bits per heavy atom. The molecular weight excluding hydrogens is 482 g/mol. The number of aliphatic imine (C=N–C) groups is 2. The van der Waals surface area contributed by atoms with E-state index in [0.29, 0.717) is 23.9 Å². The lowest BCUT2D eigenvalue weighted by Gasteiger charge is -2.26. The number of nitrogens with two attached hydrogens (primary N) is 1. The number of carbonyl (C=O) groups excluding carboxylic acids is 1. The molecule has 0 radical (unpaired) electrons. The Hall–Kier alpha value is -3.15. The van der Waals surface area contributed by atoms with E-state index in [4.69, 9.17) is 10.7 Å². The summed E-state index contributed by atoms with van der Waals surface area (Å²) in [5.41, 5.74) is 10.2. The van der Waals surface area contributed by atoms with Crippen molar-refractivity contribution in [3.05, 3.63) is 59.6 Å². The van der Waals surface area contributed by atoms with Crippen LogP contribution in [0.2, 0.25) is 0 Å². The van der Waals surface area contributed by atoms with Crippen LogP contribution in [-0.4, -0.2) is 31.4 Å². The predicted molar refractivity (Wildman–Crippen MR) is 169 cm³/mol. The van der Waals surface area contributed by atoms with Gasteiger partial charge in [-0.3, -0.25) is 9.79 Å². The molecule has 1 aliphatic carbocycles. The molecule has 0 saturated heterocycles. The fourth-order valence-electron chi connectivity index (χ4n) is 4.43. The van der Waals surface area contributed by atoms with Gasteiger partial charge in [-0.1, -0.05) is 71.6 Å². The number of hydrogen-bond acceptors (Lipinski definition) is 5. The third-order valence-electron chi connectivity index (χ3n) is 8.01. The Balaban J connectivity index is 2.44. The minimum atomic E-state index is -0.0437. The molecule has 0 aromatic heterocycles. The van der Waals surface area contributed by atoms with Gasteiger partial charge in [-0.15, -0.1) is 0 Å². The fourth-order valence-corrected chi connectivity index (χ4v) is 4.43. The second-order valence-electron chi connectivity index (χ2n) is 10.9. The Bertz CT molecular complexity index is 1060. The minimum Gasteiger partial charge on any atom is -0.404 e. The molecule has 0 aliphatic heterocycles. The molecule has 2 unspecified atom stereocenters. The highest BCUT2D eigenvalue weighted by Gasteiger charge is 2.23. The zero-order valence-electron chi connectivity index (χ0n) is 25.2. The molecule has 0 bridgehead atoms. The van der Waals surface area contributed by atoms with E-state index >= 15 is 0 Å². The van der Waals surface area contributed by atoms with Crippen molar-refractivity contribution in [2.24, 2.45) is 33.5 Å². The van der Waals surface area contributed by atoms with Gasteiger partial charge in [-0.2, -0.15) is 0 Å². The molecule has 6 nitrogen and oxygen atoms in total. The van der Waals surface area contributed by atoms with Crippen LogP contribution in [0.25, 0.3) is 0 Å². The second kappa shape index (κ2) is 16.7. The average Bonchev–Trinajstić information content (AvgIpc) is 2.92. The molecule has 2 atom stereocenters. The lowest BCUT2D eigenvalue weighted by Crippen LogP contribution is -2.35. The lowest BCUT2D eigenvalue weighted by atomic mass is 9.81. The topological polar surface area (TPSA) is 83.1 Å². The number of hydrogen-bond donors (Lipinski definition) is 2. The maximum atomic E-state index is 14.2. The number of amides is 1. The maximum Gasteiger partial charge on any atom is 0.259 e. The Kier molecular flexibility index (Phi) is 13.8. The third kappa shape index (κ3) is 10.2. The smallest absolute Gasteiger partial charge is 0.259 e. The van der Waals surface area contributed by atoms with E-state index in [2.05, 4.69) is 44.6 Å². The number of carbonyl (C=O) groups is 1. The van der Waals surface area contributed by atoms with E-state index in [0.717, 1.165) is 60.7 Å². The van der Waals surface area contributed by atoms with E-state index in [1.54, 1.807) is 12.4 Å². The Morgan fingerprint density at radius 3 is 2.54 bits per heavy atom. The summed E-state index contributed by atoms with van der Waals surface area (Å²) in [6.45, 7) is 18.1. The number of rotatable bonds is 16. The third-order valence-corrected chi connectivity index (χ3v) is 8.01. The van der Waals surface area contributed by atoms with E-state index in [1.807, 2.05) is 49.2 Å². The number of nitrogens with one attached hydrogen (secondary N) is 1. The summed E-state index contributed by atoms with van der Waals surface area (Å²) in [5.74, 6) is 1.99. The Labute approximate surface area is 237 Å². The minimum absolute atomic E-state index is 0.0437. The monoisotopic (exact) mass is 533 g/mol. The first kappa shape index (κ1) is 32.1. The van der Waals surface area contributed by atoms with Crippen molar-refractivity contribution >= 4 is 29.7 Å². The van der Waals surface area contributed by atoms with Crippen LogP contribution in [0.15, 0.2) is 69.6 Å². The molecule has 39 heavy (non-hydrogen) atoms. The molecule has 1 aromatic carbocycles. The molecule has 1 amide bonds. The van der Waals surface area contributed by atoms with Crippen LogP contribution in [0.3, 0.4) is 0 Å². The summed E-state index contributed by atoms with van der Waals surface area (Å²) < 4.78 is 0. The van der Waals surface area contributed by atoms with E-state index < -0.39 is 0 Å². The summed E-state index contributed by atoms with van der Waals surface area (Å²) in [6.07, 6.45) is 13.0. The molecule has 0 spiro atoms. The van der Waals surface area contributed by atoms with Crippen molar-refractivity contribution in [1.82, 2.24) is 5.32 Å². The normalized spacial score (nSPS) is 16.6. The van der Waals surface area contributed by atoms with Gasteiger partial charge in [0.1, 0.15) is 5.82 Å². The largest absolute Gasteiger partial charge is 0.404 e. The van der Waals surface area contributed by atoms with Crippen LogP contribution >= 0.6 is 0 Å². The van der Waals surface area contributed by atoms with Gasteiger partial charge >= 0.3 is 0 Å². The molecule has 2 rings (SSSR count). The van der Waals surface area contributed by atoms with E-state index in [1.165, 1.54) is 19.3 Å². The van der Waals surface area contributed by atoms with Gasteiger partial charge in [0.15, 0.2) is 0 Å². The van der Waals surface area contributed by atoms with Gasteiger partial charge in [0.2, 0.25) is 0 Å².